The summed E-state index contributed by atoms with van der Waals surface area (Å²) in [4.78, 5) is 12.0. The highest BCUT2D eigenvalue weighted by molar-refractivity contribution is 9.10. The molecule has 0 atom stereocenters. The van der Waals surface area contributed by atoms with Gasteiger partial charge in [-0.2, -0.15) is 0 Å². The number of amides is 1. The van der Waals surface area contributed by atoms with Crippen LogP contribution in [0.2, 0.25) is 0 Å². The average molecular weight is 312 g/mol. The van der Waals surface area contributed by atoms with E-state index in [-0.39, 0.29) is 5.91 Å². The number of carbonyl (C=O) groups is 1. The minimum atomic E-state index is -0.167. The predicted molar refractivity (Wildman–Crippen MR) is 71.5 cm³/mol. The zero-order valence-corrected chi connectivity index (χ0v) is 11.7. The second kappa shape index (κ2) is 4.93. The Morgan fingerprint density at radius 1 is 1.35 bits per heavy atom. The molecule has 0 radical (unpaired) electrons. The maximum absolute atomic E-state index is 12.0. The predicted octanol–water partition coefficient (Wildman–Crippen LogP) is 3.17. The summed E-state index contributed by atoms with van der Waals surface area (Å²) < 4.78 is 0.915. The molecule has 1 N–H and O–H groups in total. The Kier molecular flexibility index (Phi) is 3.54. The number of nitrogens with one attached hydrogen (secondary N) is 1. The van der Waals surface area contributed by atoms with Crippen LogP contribution in [0.25, 0.3) is 0 Å². The lowest BCUT2D eigenvalue weighted by Gasteiger charge is -2.06. The van der Waals surface area contributed by atoms with Gasteiger partial charge in [-0.25, -0.2) is 0 Å². The molecule has 0 aliphatic heterocycles. The lowest BCUT2D eigenvalue weighted by Crippen LogP contribution is -2.13. The first-order valence-corrected chi connectivity index (χ1v) is 6.55. The molecule has 17 heavy (non-hydrogen) atoms. The summed E-state index contributed by atoms with van der Waals surface area (Å²) in [5, 5.41) is 11.8. The van der Waals surface area contributed by atoms with E-state index >= 15 is 0 Å². The van der Waals surface area contributed by atoms with Crippen molar-refractivity contribution in [1.82, 2.24) is 10.2 Å². The SMILES string of the molecule is Cc1nnc(NC(=O)c2cccc(Br)c2C)s1. The summed E-state index contributed by atoms with van der Waals surface area (Å²) in [5.74, 6) is -0.167. The van der Waals surface area contributed by atoms with Gasteiger partial charge in [0.2, 0.25) is 5.13 Å². The summed E-state index contributed by atoms with van der Waals surface area (Å²) in [6, 6.07) is 5.52. The Balaban J connectivity index is 2.23. The Hall–Kier alpha value is -1.27. The third-order valence-corrected chi connectivity index (χ3v) is 3.87. The van der Waals surface area contributed by atoms with Crippen molar-refractivity contribution in [2.45, 2.75) is 13.8 Å². The summed E-state index contributed by atoms with van der Waals surface area (Å²) in [6.07, 6.45) is 0. The van der Waals surface area contributed by atoms with Crippen molar-refractivity contribution in [2.75, 3.05) is 5.32 Å². The molecule has 1 aromatic heterocycles. The Morgan fingerprint density at radius 3 is 2.76 bits per heavy atom. The van der Waals surface area contributed by atoms with Gasteiger partial charge in [0.25, 0.3) is 5.91 Å². The van der Waals surface area contributed by atoms with Gasteiger partial charge in [-0.3, -0.25) is 10.1 Å². The smallest absolute Gasteiger partial charge is 0.257 e. The monoisotopic (exact) mass is 311 g/mol. The van der Waals surface area contributed by atoms with Gasteiger partial charge in [-0.1, -0.05) is 33.3 Å². The topological polar surface area (TPSA) is 54.9 Å². The number of rotatable bonds is 2. The number of hydrogen-bond acceptors (Lipinski definition) is 4. The number of aromatic nitrogens is 2. The van der Waals surface area contributed by atoms with E-state index in [0.29, 0.717) is 10.7 Å². The van der Waals surface area contributed by atoms with Gasteiger partial charge in [0.05, 0.1) is 0 Å². The summed E-state index contributed by atoms with van der Waals surface area (Å²) in [7, 11) is 0. The van der Waals surface area contributed by atoms with Crippen LogP contribution in [0.5, 0.6) is 0 Å². The van der Waals surface area contributed by atoms with E-state index in [4.69, 9.17) is 0 Å². The Bertz CT molecular complexity index is 568. The lowest BCUT2D eigenvalue weighted by molar-refractivity contribution is 0.102. The zero-order chi connectivity index (χ0) is 12.4. The first-order chi connectivity index (χ1) is 8.08. The van der Waals surface area contributed by atoms with Crippen LogP contribution in [0.3, 0.4) is 0 Å². The van der Waals surface area contributed by atoms with Gasteiger partial charge in [0.1, 0.15) is 5.01 Å². The minimum absolute atomic E-state index is 0.167. The van der Waals surface area contributed by atoms with Crippen LogP contribution in [0.15, 0.2) is 22.7 Å². The van der Waals surface area contributed by atoms with Crippen molar-refractivity contribution < 1.29 is 4.79 Å². The van der Waals surface area contributed by atoms with Crippen molar-refractivity contribution >= 4 is 38.3 Å². The number of hydrogen-bond donors (Lipinski definition) is 1. The molecular formula is C11H10BrN3OS. The highest BCUT2D eigenvalue weighted by Gasteiger charge is 2.12. The van der Waals surface area contributed by atoms with Crippen molar-refractivity contribution in [2.24, 2.45) is 0 Å². The van der Waals surface area contributed by atoms with Crippen LogP contribution in [0.1, 0.15) is 20.9 Å². The third kappa shape index (κ3) is 2.70. The fourth-order valence-electron chi connectivity index (χ4n) is 1.36. The molecule has 0 unspecified atom stereocenters. The molecule has 1 heterocycles. The van der Waals surface area contributed by atoms with Crippen LogP contribution in [-0.2, 0) is 0 Å². The molecule has 0 bridgehead atoms. The summed E-state index contributed by atoms with van der Waals surface area (Å²) >= 11 is 4.75. The molecule has 0 aliphatic carbocycles. The van der Waals surface area contributed by atoms with Crippen molar-refractivity contribution in [3.8, 4) is 0 Å². The van der Waals surface area contributed by atoms with Crippen LogP contribution in [0.4, 0.5) is 5.13 Å². The first-order valence-electron chi connectivity index (χ1n) is 4.94. The number of benzene rings is 1. The molecule has 2 rings (SSSR count). The molecule has 0 saturated heterocycles. The molecule has 1 aromatic carbocycles. The third-order valence-electron chi connectivity index (χ3n) is 2.26. The molecule has 88 valence electrons. The van der Waals surface area contributed by atoms with Crippen LogP contribution >= 0.6 is 27.3 Å². The largest absolute Gasteiger partial charge is 0.296 e. The van der Waals surface area contributed by atoms with Crippen LogP contribution in [-0.4, -0.2) is 16.1 Å². The Labute approximate surface area is 111 Å². The second-order valence-electron chi connectivity index (χ2n) is 3.49. The zero-order valence-electron chi connectivity index (χ0n) is 9.32. The van der Waals surface area contributed by atoms with Gasteiger partial charge in [0.15, 0.2) is 0 Å². The van der Waals surface area contributed by atoms with Crippen molar-refractivity contribution in [3.05, 3.63) is 38.8 Å². The highest BCUT2D eigenvalue weighted by Crippen LogP contribution is 2.21. The molecule has 0 aliphatic rings. The van der Waals surface area contributed by atoms with Crippen LogP contribution in [0, 0.1) is 13.8 Å². The fourth-order valence-corrected chi connectivity index (χ4v) is 2.32. The molecule has 6 heteroatoms. The van der Waals surface area contributed by atoms with Gasteiger partial charge >= 0.3 is 0 Å². The summed E-state index contributed by atoms with van der Waals surface area (Å²) in [5.41, 5.74) is 1.54. The van der Waals surface area contributed by atoms with Crippen LogP contribution < -0.4 is 5.32 Å². The van der Waals surface area contributed by atoms with E-state index < -0.39 is 0 Å². The summed E-state index contributed by atoms with van der Waals surface area (Å²) in [6.45, 7) is 3.74. The number of halogens is 1. The van der Waals surface area contributed by atoms with E-state index in [1.807, 2.05) is 26.0 Å². The number of anilines is 1. The minimum Gasteiger partial charge on any atom is -0.296 e. The standard InChI is InChI=1S/C11H10BrN3OS/c1-6-8(4-3-5-9(6)12)10(16)13-11-15-14-7(2)17-11/h3-5H,1-2H3,(H,13,15,16). The van der Waals surface area contributed by atoms with E-state index in [9.17, 15) is 4.79 Å². The van der Waals surface area contributed by atoms with E-state index in [0.717, 1.165) is 15.0 Å². The first kappa shape index (κ1) is 12.2. The lowest BCUT2D eigenvalue weighted by atomic mass is 10.1. The van der Waals surface area contributed by atoms with Crippen molar-refractivity contribution in [3.63, 3.8) is 0 Å². The molecule has 2 aromatic rings. The van der Waals surface area contributed by atoms with E-state index in [2.05, 4.69) is 31.4 Å². The fraction of sp³-hybridized carbons (Fsp3) is 0.182. The van der Waals surface area contributed by atoms with E-state index in [1.54, 1.807) is 6.07 Å². The quantitative estimate of drug-likeness (QED) is 0.926. The normalized spacial score (nSPS) is 10.3. The molecule has 0 saturated carbocycles. The molecular weight excluding hydrogens is 302 g/mol. The van der Waals surface area contributed by atoms with Gasteiger partial charge in [-0.05, 0) is 31.5 Å². The molecule has 0 spiro atoms. The maximum Gasteiger partial charge on any atom is 0.257 e. The van der Waals surface area contributed by atoms with Gasteiger partial charge in [-0.15, -0.1) is 10.2 Å². The van der Waals surface area contributed by atoms with Gasteiger partial charge < -0.3 is 0 Å². The molecule has 0 fully saturated rings. The Morgan fingerprint density at radius 2 is 2.12 bits per heavy atom. The average Bonchev–Trinajstić information content (AvgIpc) is 2.68. The number of nitrogens with zero attached hydrogens (tertiary/aromatic N) is 2. The number of carbonyl (C=O) groups excluding carboxylic acids is 1. The second-order valence-corrected chi connectivity index (χ2v) is 5.53. The number of aryl methyl sites for hydroxylation is 1. The molecule has 4 nitrogen and oxygen atoms in total. The highest BCUT2D eigenvalue weighted by atomic mass is 79.9. The van der Waals surface area contributed by atoms with Gasteiger partial charge in [0, 0.05) is 10.0 Å². The molecule has 1 amide bonds. The maximum atomic E-state index is 12.0. The van der Waals surface area contributed by atoms with Crippen molar-refractivity contribution in [1.29, 1.82) is 0 Å². The van der Waals surface area contributed by atoms with E-state index in [1.165, 1.54) is 11.3 Å².